The summed E-state index contributed by atoms with van der Waals surface area (Å²) < 4.78 is 98.9. The molecule has 0 fully saturated rings. The van der Waals surface area contributed by atoms with E-state index in [1.165, 1.54) is 32.3 Å². The van der Waals surface area contributed by atoms with Gasteiger partial charge in [0.1, 0.15) is 37.7 Å². The number of alkyl carbamates (subject to hydrolysis) is 2. The van der Waals surface area contributed by atoms with E-state index in [9.17, 15) is 51.0 Å². The molecule has 4 N–H and O–H groups in total. The van der Waals surface area contributed by atoms with Crippen molar-refractivity contribution in [2.45, 2.75) is 63.3 Å². The molecule has 400 valence electrons. The third-order valence-corrected chi connectivity index (χ3v) is 12.2. The van der Waals surface area contributed by atoms with Crippen LogP contribution in [0.15, 0.2) is 127 Å². The first-order valence-corrected chi connectivity index (χ1v) is 23.8. The van der Waals surface area contributed by atoms with Crippen LogP contribution in [0, 0.1) is 29.1 Å². The number of aliphatic hydroxyl groups excluding tert-OH is 1. The summed E-state index contributed by atoms with van der Waals surface area (Å²) in [5.74, 6) is -17.0. The summed E-state index contributed by atoms with van der Waals surface area (Å²) in [6, 6.07) is 31.4. The van der Waals surface area contributed by atoms with Crippen molar-refractivity contribution < 1.29 is 74.7 Å². The van der Waals surface area contributed by atoms with Crippen molar-refractivity contribution in [3.63, 3.8) is 0 Å². The number of rotatable bonds is 23. The molecule has 0 aliphatic heterocycles. The van der Waals surface area contributed by atoms with E-state index in [4.69, 9.17) is 35.3 Å². The minimum absolute atomic E-state index is 0.00117. The van der Waals surface area contributed by atoms with Gasteiger partial charge in [-0.1, -0.05) is 115 Å². The Morgan fingerprint density at radius 3 is 1.70 bits per heavy atom. The maximum Gasteiger partial charge on any atom is 0.408 e. The lowest BCUT2D eigenvalue weighted by Crippen LogP contribution is -2.52. The van der Waals surface area contributed by atoms with Crippen molar-refractivity contribution in [3.8, 4) is 22.6 Å². The number of carbonyl (C=O) groups is 5. The normalized spacial score (nSPS) is 12.6. The molecule has 3 amide bonds. The van der Waals surface area contributed by atoms with Gasteiger partial charge in [-0.05, 0) is 76.7 Å². The number of amides is 3. The number of hydrogen-bond donors (Lipinski definition) is 4. The quantitative estimate of drug-likeness (QED) is 0.0120. The van der Waals surface area contributed by atoms with Gasteiger partial charge in [-0.25, -0.2) is 32.3 Å². The van der Waals surface area contributed by atoms with Crippen LogP contribution in [0.25, 0.3) is 11.1 Å². The van der Waals surface area contributed by atoms with Crippen LogP contribution in [-0.2, 0) is 61.3 Å². The Balaban J connectivity index is 1.26. The van der Waals surface area contributed by atoms with E-state index in [0.717, 1.165) is 23.1 Å². The third kappa shape index (κ3) is 15.5. The molecule has 0 saturated heterocycles. The predicted molar refractivity (Wildman–Crippen MR) is 267 cm³/mol. The zero-order valence-corrected chi connectivity index (χ0v) is 41.9. The highest BCUT2D eigenvalue weighted by molar-refractivity contribution is 6.31. The molecule has 0 spiro atoms. The SMILES string of the molecule is CNC(C[C@@H](O)CNC(=O)OCc1ccccc1)C(=O)N(C)[C@@H](Cc1cc(-c2ccc(OCc3ccccc3)c(C[C@H](NC(=O)OCc3ccccc3)C(=O)Oc3c(F)c(F)c(F)c(F)c3F)c2)ccc1Cl)C(=O)OC. The van der Waals surface area contributed by atoms with Gasteiger partial charge in [0.25, 0.3) is 0 Å². The number of halogens is 6. The van der Waals surface area contributed by atoms with E-state index in [0.29, 0.717) is 22.3 Å². The molecule has 0 saturated carbocycles. The van der Waals surface area contributed by atoms with Crippen LogP contribution in [0.5, 0.6) is 11.5 Å². The van der Waals surface area contributed by atoms with Crippen molar-refractivity contribution in [1.82, 2.24) is 20.9 Å². The fourth-order valence-electron chi connectivity index (χ4n) is 7.67. The first kappa shape index (κ1) is 57.2. The Morgan fingerprint density at radius 1 is 0.632 bits per heavy atom. The molecule has 21 heteroatoms. The largest absolute Gasteiger partial charge is 0.489 e. The van der Waals surface area contributed by atoms with Crippen molar-refractivity contribution in [3.05, 3.63) is 189 Å². The van der Waals surface area contributed by atoms with Gasteiger partial charge >= 0.3 is 24.1 Å². The molecule has 15 nitrogen and oxygen atoms in total. The number of nitrogens with one attached hydrogen (secondary N) is 3. The highest BCUT2D eigenvalue weighted by Crippen LogP contribution is 2.33. The van der Waals surface area contributed by atoms with Crippen molar-refractivity contribution in [2.24, 2.45) is 0 Å². The van der Waals surface area contributed by atoms with E-state index in [2.05, 4.69) is 16.0 Å². The highest BCUT2D eigenvalue weighted by Gasteiger charge is 2.35. The summed E-state index contributed by atoms with van der Waals surface area (Å²) >= 11 is 6.74. The standard InChI is InChI=1S/C55H52ClF5N4O11/c1-62-41(27-39(66)28-63-54(70)74-30-33-15-9-5-10-16-33)51(67)65(2)43(53(69)72-3)26-37-23-35(19-21-40(37)56)36-20-22-44(73-29-32-13-7-4-8-14-32)38(24-36)25-42(64-55(71)75-31-34-17-11-6-12-18-34)52(68)76-50-48(60)46(58)45(57)47(59)49(50)61/h4-24,39,41-43,62,66H,25-31H2,1-3H3,(H,63,70)(H,64,71)/t39-,41?,42+,43+/m1/s1. The highest BCUT2D eigenvalue weighted by atomic mass is 35.5. The Hall–Kier alpha value is -8.07. The number of hydrogen-bond acceptors (Lipinski definition) is 12. The molecule has 6 aromatic carbocycles. The van der Waals surface area contributed by atoms with E-state index < -0.39 is 95.5 Å². The summed E-state index contributed by atoms with van der Waals surface area (Å²) in [4.78, 5) is 68.0. The monoisotopic (exact) mass is 1070 g/mol. The summed E-state index contributed by atoms with van der Waals surface area (Å²) in [5.41, 5.74) is 3.40. The Bertz CT molecular complexity index is 2950. The van der Waals surface area contributed by atoms with Crippen molar-refractivity contribution >= 4 is 41.6 Å². The number of esters is 2. The summed E-state index contributed by atoms with van der Waals surface area (Å²) in [7, 11) is 3.99. The van der Waals surface area contributed by atoms with Crippen LogP contribution in [0.1, 0.15) is 34.2 Å². The second-order valence-electron chi connectivity index (χ2n) is 17.1. The fraction of sp³-hybridized carbons (Fsp3) is 0.255. The number of carbonyl (C=O) groups excluding carboxylic acids is 5. The van der Waals surface area contributed by atoms with E-state index in [1.54, 1.807) is 103 Å². The molecular formula is C55H52ClF5N4O11. The van der Waals surface area contributed by atoms with E-state index in [1.807, 2.05) is 6.07 Å². The fourth-order valence-corrected chi connectivity index (χ4v) is 7.86. The van der Waals surface area contributed by atoms with Gasteiger partial charge in [0, 0.05) is 31.5 Å². The molecule has 6 aromatic rings. The Labute approximate surface area is 438 Å². The van der Waals surface area contributed by atoms with Crippen LogP contribution in [0.2, 0.25) is 5.02 Å². The molecule has 0 aliphatic rings. The van der Waals surface area contributed by atoms with Gasteiger partial charge in [0.2, 0.25) is 40.7 Å². The number of aliphatic hydroxyl groups is 1. The Morgan fingerprint density at radius 2 is 1.14 bits per heavy atom. The molecular weight excluding hydrogens is 1020 g/mol. The molecule has 76 heavy (non-hydrogen) atoms. The van der Waals surface area contributed by atoms with Gasteiger partial charge in [0.05, 0.1) is 19.3 Å². The number of methoxy groups -OCH3 is 1. The minimum Gasteiger partial charge on any atom is -0.489 e. The molecule has 0 bridgehead atoms. The van der Waals surface area contributed by atoms with Gasteiger partial charge in [-0.2, -0.15) is 8.78 Å². The van der Waals surface area contributed by atoms with Gasteiger partial charge in [-0.3, -0.25) is 4.79 Å². The lowest BCUT2D eigenvalue weighted by molar-refractivity contribution is -0.152. The average Bonchev–Trinajstić information content (AvgIpc) is 3.44. The number of nitrogens with zero attached hydrogens (tertiary/aromatic N) is 1. The number of ether oxygens (including phenoxy) is 5. The molecule has 0 heterocycles. The van der Waals surface area contributed by atoms with Crippen LogP contribution < -0.4 is 25.4 Å². The lowest BCUT2D eigenvalue weighted by Gasteiger charge is -2.30. The van der Waals surface area contributed by atoms with Crippen LogP contribution in [0.4, 0.5) is 31.5 Å². The maximum absolute atomic E-state index is 14.9. The first-order chi connectivity index (χ1) is 36.5. The third-order valence-electron chi connectivity index (χ3n) is 11.8. The summed E-state index contributed by atoms with van der Waals surface area (Å²) in [6.45, 7) is -0.561. The predicted octanol–water partition coefficient (Wildman–Crippen LogP) is 8.53. The molecule has 0 aromatic heterocycles. The Kier molecular flexibility index (Phi) is 20.7. The second-order valence-corrected chi connectivity index (χ2v) is 17.5. The average molecular weight is 1080 g/mol. The maximum atomic E-state index is 14.9. The smallest absolute Gasteiger partial charge is 0.408 e. The zero-order valence-electron chi connectivity index (χ0n) is 41.1. The van der Waals surface area contributed by atoms with Gasteiger partial charge in [0.15, 0.2) is 0 Å². The van der Waals surface area contributed by atoms with E-state index >= 15 is 0 Å². The lowest BCUT2D eigenvalue weighted by atomic mass is 9.95. The second kappa shape index (κ2) is 27.5. The molecule has 0 aliphatic carbocycles. The molecule has 0 radical (unpaired) electrons. The van der Waals surface area contributed by atoms with Crippen LogP contribution in [0.3, 0.4) is 0 Å². The van der Waals surface area contributed by atoms with E-state index in [-0.39, 0.29) is 55.5 Å². The summed E-state index contributed by atoms with van der Waals surface area (Å²) in [5, 5.41) is 18.6. The number of benzene rings is 6. The van der Waals surface area contributed by atoms with Gasteiger partial charge < -0.3 is 49.6 Å². The van der Waals surface area contributed by atoms with Gasteiger partial charge in [-0.15, -0.1) is 0 Å². The number of likely N-dealkylation sites (N-methyl/N-ethyl adjacent to an activating group) is 2. The zero-order chi connectivity index (χ0) is 54.9. The summed E-state index contributed by atoms with van der Waals surface area (Å²) in [6.07, 6.45) is -4.18. The molecule has 4 atom stereocenters. The molecule has 6 rings (SSSR count). The first-order valence-electron chi connectivity index (χ1n) is 23.4. The topological polar surface area (TPSA) is 191 Å². The van der Waals surface area contributed by atoms with Crippen LogP contribution >= 0.6 is 11.6 Å². The minimum atomic E-state index is -2.49. The van der Waals surface area contributed by atoms with Crippen LogP contribution in [-0.4, -0.2) is 92.0 Å². The van der Waals surface area contributed by atoms with Crippen molar-refractivity contribution in [2.75, 3.05) is 27.7 Å². The van der Waals surface area contributed by atoms with Crippen molar-refractivity contribution in [1.29, 1.82) is 0 Å². The molecule has 1 unspecified atom stereocenters.